The Morgan fingerprint density at radius 2 is 1.42 bits per heavy atom. The Hall–Kier alpha value is -1.36. The van der Waals surface area contributed by atoms with Gasteiger partial charge in [0.15, 0.2) is 0 Å². The standard InChI is InChI=1S/C28H38F4O/c1-2-3-19-4-6-20(7-5-19)8-9-21-10-12-22(13-11-21)14-15-23-16-17-24(25-18-33-25)27(29)26(23)28(30,31)32/h14-17,19-22,25H,2-13,18H2,1H3/b15-14+. The molecule has 2 saturated carbocycles. The van der Waals surface area contributed by atoms with Gasteiger partial charge in [-0.2, -0.15) is 13.2 Å². The van der Waals surface area contributed by atoms with E-state index in [2.05, 4.69) is 6.92 Å². The summed E-state index contributed by atoms with van der Waals surface area (Å²) in [6.07, 6.45) is 13.4. The lowest BCUT2D eigenvalue weighted by Gasteiger charge is -2.31. The van der Waals surface area contributed by atoms with Crippen molar-refractivity contribution in [1.82, 2.24) is 0 Å². The van der Waals surface area contributed by atoms with Crippen LogP contribution in [-0.4, -0.2) is 6.61 Å². The molecule has 1 saturated heterocycles. The molecule has 3 fully saturated rings. The molecule has 0 bridgehead atoms. The summed E-state index contributed by atoms with van der Waals surface area (Å²) in [6, 6.07) is 2.83. The van der Waals surface area contributed by atoms with Crippen LogP contribution >= 0.6 is 0 Å². The highest BCUT2D eigenvalue weighted by Crippen LogP contribution is 2.42. The molecule has 5 heteroatoms. The van der Waals surface area contributed by atoms with Gasteiger partial charge in [0.05, 0.1) is 12.2 Å². The third-order valence-electron chi connectivity index (χ3n) is 8.25. The van der Waals surface area contributed by atoms with Gasteiger partial charge in [-0.25, -0.2) is 4.39 Å². The van der Waals surface area contributed by atoms with Crippen LogP contribution in [0, 0.1) is 29.5 Å². The first kappa shape index (κ1) is 24.8. The Bertz CT molecular complexity index is 795. The average molecular weight is 467 g/mol. The van der Waals surface area contributed by atoms with Gasteiger partial charge in [-0.05, 0) is 54.9 Å². The molecule has 0 aromatic heterocycles. The van der Waals surface area contributed by atoms with Gasteiger partial charge in [0.2, 0.25) is 0 Å². The van der Waals surface area contributed by atoms with Crippen LogP contribution in [0.3, 0.4) is 0 Å². The van der Waals surface area contributed by atoms with E-state index in [0.29, 0.717) is 0 Å². The number of hydrogen-bond acceptors (Lipinski definition) is 1. The summed E-state index contributed by atoms with van der Waals surface area (Å²) < 4.78 is 60.3. The summed E-state index contributed by atoms with van der Waals surface area (Å²) in [5.74, 6) is 1.71. The predicted octanol–water partition coefficient (Wildman–Crippen LogP) is 9.12. The van der Waals surface area contributed by atoms with Crippen LogP contribution in [-0.2, 0) is 10.9 Å². The average Bonchev–Trinajstić information content (AvgIpc) is 3.62. The summed E-state index contributed by atoms with van der Waals surface area (Å²) in [6.45, 7) is 2.57. The molecule has 0 radical (unpaired) electrons. The summed E-state index contributed by atoms with van der Waals surface area (Å²) in [7, 11) is 0. The second-order valence-corrected chi connectivity index (χ2v) is 10.6. The molecule has 1 heterocycles. The fourth-order valence-corrected chi connectivity index (χ4v) is 6.11. The van der Waals surface area contributed by atoms with Crippen molar-refractivity contribution in [3.8, 4) is 0 Å². The highest BCUT2D eigenvalue weighted by atomic mass is 19.4. The number of alkyl halides is 3. The quantitative estimate of drug-likeness (QED) is 0.275. The Morgan fingerprint density at radius 1 is 0.879 bits per heavy atom. The van der Waals surface area contributed by atoms with Gasteiger partial charge < -0.3 is 4.74 Å². The zero-order valence-electron chi connectivity index (χ0n) is 19.8. The Balaban J connectivity index is 1.26. The molecule has 4 rings (SSSR count). The van der Waals surface area contributed by atoms with Gasteiger partial charge >= 0.3 is 6.18 Å². The number of rotatable bonds is 8. The number of allylic oxidation sites excluding steroid dienone is 1. The minimum Gasteiger partial charge on any atom is -0.368 e. The molecule has 1 aromatic rings. The van der Waals surface area contributed by atoms with Crippen molar-refractivity contribution in [2.75, 3.05) is 6.61 Å². The topological polar surface area (TPSA) is 12.5 Å². The normalized spacial score (nSPS) is 30.6. The van der Waals surface area contributed by atoms with Crippen LogP contribution < -0.4 is 0 Å². The smallest absolute Gasteiger partial charge is 0.368 e. The van der Waals surface area contributed by atoms with Crippen LogP contribution in [0.5, 0.6) is 0 Å². The van der Waals surface area contributed by atoms with Gasteiger partial charge in [0.1, 0.15) is 11.9 Å². The molecule has 1 unspecified atom stereocenters. The van der Waals surface area contributed by atoms with Crippen molar-refractivity contribution in [2.24, 2.45) is 23.7 Å². The van der Waals surface area contributed by atoms with Crippen molar-refractivity contribution in [3.63, 3.8) is 0 Å². The number of epoxide rings is 1. The molecule has 1 aromatic carbocycles. The van der Waals surface area contributed by atoms with Crippen LogP contribution in [0.4, 0.5) is 17.6 Å². The van der Waals surface area contributed by atoms with Crippen molar-refractivity contribution in [2.45, 2.75) is 96.3 Å². The third-order valence-corrected chi connectivity index (χ3v) is 8.25. The molecule has 1 atom stereocenters. The zero-order valence-corrected chi connectivity index (χ0v) is 19.8. The van der Waals surface area contributed by atoms with E-state index in [-0.39, 0.29) is 23.7 Å². The Kier molecular flexibility index (Phi) is 8.19. The molecule has 0 spiro atoms. The van der Waals surface area contributed by atoms with E-state index in [1.807, 2.05) is 6.08 Å². The van der Waals surface area contributed by atoms with Crippen LogP contribution in [0.1, 0.15) is 107 Å². The lowest BCUT2D eigenvalue weighted by molar-refractivity contribution is -0.140. The molecule has 1 aliphatic heterocycles. The second-order valence-electron chi connectivity index (χ2n) is 10.6. The van der Waals surface area contributed by atoms with Crippen LogP contribution in [0.15, 0.2) is 18.2 Å². The summed E-state index contributed by atoms with van der Waals surface area (Å²) >= 11 is 0. The lowest BCUT2D eigenvalue weighted by Crippen LogP contribution is -2.17. The first-order valence-corrected chi connectivity index (χ1v) is 13.0. The monoisotopic (exact) mass is 466 g/mol. The molecule has 184 valence electrons. The minimum atomic E-state index is -4.72. The lowest BCUT2D eigenvalue weighted by atomic mass is 9.75. The van der Waals surface area contributed by atoms with Gasteiger partial charge in [-0.3, -0.25) is 0 Å². The minimum absolute atomic E-state index is 0.0128. The van der Waals surface area contributed by atoms with Crippen molar-refractivity contribution in [3.05, 3.63) is 40.7 Å². The molecule has 0 amide bonds. The Labute approximate surface area is 196 Å². The molecule has 3 aliphatic rings. The van der Waals surface area contributed by atoms with Crippen molar-refractivity contribution >= 4 is 6.08 Å². The largest absolute Gasteiger partial charge is 0.419 e. The maximum absolute atomic E-state index is 14.6. The van der Waals surface area contributed by atoms with E-state index in [1.54, 1.807) is 0 Å². The van der Waals surface area contributed by atoms with E-state index in [4.69, 9.17) is 4.74 Å². The number of ether oxygens (including phenoxy) is 1. The fraction of sp³-hybridized carbons (Fsp3) is 0.714. The fourth-order valence-electron chi connectivity index (χ4n) is 6.11. The first-order valence-electron chi connectivity index (χ1n) is 13.0. The molecule has 0 N–H and O–H groups in total. The van der Waals surface area contributed by atoms with Crippen LogP contribution in [0.2, 0.25) is 0 Å². The van der Waals surface area contributed by atoms with Gasteiger partial charge in [-0.15, -0.1) is 0 Å². The molecule has 2 aliphatic carbocycles. The van der Waals surface area contributed by atoms with Gasteiger partial charge in [-0.1, -0.05) is 82.6 Å². The maximum atomic E-state index is 14.6. The summed E-state index contributed by atoms with van der Waals surface area (Å²) in [5.41, 5.74) is -1.22. The SMILES string of the molecule is CCCC1CCC(CCC2CCC(/C=C/c3ccc(C4CO4)c(F)c3C(F)(F)F)CC2)CC1. The highest BCUT2D eigenvalue weighted by Gasteiger charge is 2.40. The maximum Gasteiger partial charge on any atom is 0.419 e. The van der Waals surface area contributed by atoms with Gasteiger partial charge in [0, 0.05) is 5.56 Å². The number of benzene rings is 1. The first-order chi connectivity index (χ1) is 15.8. The van der Waals surface area contributed by atoms with Gasteiger partial charge in [0.25, 0.3) is 0 Å². The van der Waals surface area contributed by atoms with E-state index < -0.39 is 23.7 Å². The van der Waals surface area contributed by atoms with Crippen LogP contribution in [0.25, 0.3) is 6.08 Å². The number of hydrogen-bond donors (Lipinski definition) is 0. The number of halogens is 4. The zero-order chi connectivity index (χ0) is 23.4. The second kappa shape index (κ2) is 10.9. The van der Waals surface area contributed by atoms with E-state index >= 15 is 0 Å². The van der Waals surface area contributed by atoms with Crippen molar-refractivity contribution < 1.29 is 22.3 Å². The van der Waals surface area contributed by atoms with E-state index in [9.17, 15) is 17.6 Å². The predicted molar refractivity (Wildman–Crippen MR) is 124 cm³/mol. The van der Waals surface area contributed by atoms with Crippen molar-refractivity contribution in [1.29, 1.82) is 0 Å². The Morgan fingerprint density at radius 3 is 1.94 bits per heavy atom. The van der Waals surface area contributed by atoms with E-state index in [0.717, 1.165) is 43.4 Å². The highest BCUT2D eigenvalue weighted by molar-refractivity contribution is 5.57. The third kappa shape index (κ3) is 6.61. The van der Waals surface area contributed by atoms with E-state index in [1.165, 1.54) is 69.6 Å². The molecule has 33 heavy (non-hydrogen) atoms. The summed E-state index contributed by atoms with van der Waals surface area (Å²) in [4.78, 5) is 0. The summed E-state index contributed by atoms with van der Waals surface area (Å²) in [5, 5.41) is 0. The molecular weight excluding hydrogens is 428 g/mol. The molecule has 1 nitrogen and oxygen atoms in total. The molecular formula is C28H38F4O.